The minimum Gasteiger partial charge on any atom is -0.491 e. The summed E-state index contributed by atoms with van der Waals surface area (Å²) in [6.45, 7) is 1.77. The molecule has 3 aromatic rings. The van der Waals surface area contributed by atoms with Gasteiger partial charge in [-0.2, -0.15) is 0 Å². The standard InChI is InChI=1S/C25H26N2O6/c1-17(12-13-23(29)27-31)24(19-8-4-9-20(16-19)32-15-14-28)33-25(30)26-22-11-5-7-18-6-2-3-10-21(18)22/h2-13,16-17,24,28,31H,14-15H2,1H3,(H,26,30)(H,27,29)/b13-12+/t17-,24+/m0/s1. The number of hydroxylamine groups is 1. The van der Waals surface area contributed by atoms with Gasteiger partial charge in [0, 0.05) is 17.4 Å². The van der Waals surface area contributed by atoms with Gasteiger partial charge >= 0.3 is 6.09 Å². The first-order valence-corrected chi connectivity index (χ1v) is 10.4. The summed E-state index contributed by atoms with van der Waals surface area (Å²) in [5.41, 5.74) is 2.78. The molecule has 0 aliphatic heterocycles. The van der Waals surface area contributed by atoms with Gasteiger partial charge in [0.25, 0.3) is 5.91 Å². The lowest BCUT2D eigenvalue weighted by Crippen LogP contribution is -2.22. The van der Waals surface area contributed by atoms with E-state index < -0.39 is 24.0 Å². The first kappa shape index (κ1) is 23.8. The summed E-state index contributed by atoms with van der Waals surface area (Å²) >= 11 is 0. The highest BCUT2D eigenvalue weighted by molar-refractivity contribution is 6.00. The highest BCUT2D eigenvalue weighted by Gasteiger charge is 2.23. The number of aliphatic hydroxyl groups is 1. The van der Waals surface area contributed by atoms with Gasteiger partial charge in [0.15, 0.2) is 0 Å². The summed E-state index contributed by atoms with van der Waals surface area (Å²) < 4.78 is 11.2. The normalized spacial score (nSPS) is 12.8. The zero-order chi connectivity index (χ0) is 23.6. The molecule has 3 rings (SSSR count). The Bertz CT molecular complexity index is 1130. The monoisotopic (exact) mass is 450 g/mol. The second-order valence-electron chi connectivity index (χ2n) is 7.32. The number of rotatable bonds is 9. The molecule has 0 bridgehead atoms. The van der Waals surface area contributed by atoms with Gasteiger partial charge in [0.1, 0.15) is 18.5 Å². The second kappa shape index (κ2) is 11.7. The molecule has 0 spiro atoms. The van der Waals surface area contributed by atoms with Crippen LogP contribution in [0.3, 0.4) is 0 Å². The van der Waals surface area contributed by atoms with Crippen LogP contribution in [0.1, 0.15) is 18.6 Å². The van der Waals surface area contributed by atoms with Gasteiger partial charge < -0.3 is 14.6 Å². The van der Waals surface area contributed by atoms with E-state index in [1.165, 1.54) is 11.6 Å². The van der Waals surface area contributed by atoms with Crippen LogP contribution in [0.25, 0.3) is 10.8 Å². The molecule has 0 saturated carbocycles. The molecule has 0 fully saturated rings. The average molecular weight is 450 g/mol. The maximum absolute atomic E-state index is 12.9. The summed E-state index contributed by atoms with van der Waals surface area (Å²) in [7, 11) is 0. The van der Waals surface area contributed by atoms with Crippen LogP contribution >= 0.6 is 0 Å². The number of hydrogen-bond acceptors (Lipinski definition) is 6. The van der Waals surface area contributed by atoms with Crippen molar-refractivity contribution in [1.29, 1.82) is 0 Å². The highest BCUT2D eigenvalue weighted by Crippen LogP contribution is 2.31. The fourth-order valence-corrected chi connectivity index (χ4v) is 3.39. The molecule has 172 valence electrons. The molecule has 4 N–H and O–H groups in total. The molecular weight excluding hydrogens is 424 g/mol. The van der Waals surface area contributed by atoms with Crippen molar-refractivity contribution in [2.75, 3.05) is 18.5 Å². The van der Waals surface area contributed by atoms with Crippen molar-refractivity contribution in [3.05, 3.63) is 84.4 Å². The van der Waals surface area contributed by atoms with Gasteiger partial charge in [-0.3, -0.25) is 15.3 Å². The first-order chi connectivity index (χ1) is 16.0. The van der Waals surface area contributed by atoms with E-state index >= 15 is 0 Å². The number of nitrogens with one attached hydrogen (secondary N) is 2. The number of hydrogen-bond donors (Lipinski definition) is 4. The smallest absolute Gasteiger partial charge is 0.412 e. The Kier molecular flexibility index (Phi) is 8.40. The molecule has 8 nitrogen and oxygen atoms in total. The average Bonchev–Trinajstić information content (AvgIpc) is 2.84. The van der Waals surface area contributed by atoms with Gasteiger partial charge in [0.05, 0.1) is 12.3 Å². The van der Waals surface area contributed by atoms with Crippen LogP contribution in [0.15, 0.2) is 78.9 Å². The predicted octanol–water partition coefficient (Wildman–Crippen LogP) is 4.20. The zero-order valence-electron chi connectivity index (χ0n) is 18.1. The molecule has 0 saturated heterocycles. The number of amides is 2. The van der Waals surface area contributed by atoms with Gasteiger partial charge in [-0.15, -0.1) is 0 Å². The lowest BCUT2D eigenvalue weighted by Gasteiger charge is -2.23. The molecule has 33 heavy (non-hydrogen) atoms. The number of anilines is 1. The van der Waals surface area contributed by atoms with Crippen molar-refractivity contribution >= 4 is 28.5 Å². The van der Waals surface area contributed by atoms with Crippen molar-refractivity contribution in [3.8, 4) is 5.75 Å². The van der Waals surface area contributed by atoms with Crippen LogP contribution < -0.4 is 15.5 Å². The van der Waals surface area contributed by atoms with Crippen molar-refractivity contribution in [3.63, 3.8) is 0 Å². The molecule has 3 aromatic carbocycles. The van der Waals surface area contributed by atoms with E-state index in [4.69, 9.17) is 19.8 Å². The Balaban J connectivity index is 1.84. The first-order valence-electron chi connectivity index (χ1n) is 10.4. The molecule has 0 unspecified atom stereocenters. The minimum atomic E-state index is -0.764. The third kappa shape index (κ3) is 6.55. The van der Waals surface area contributed by atoms with E-state index in [0.29, 0.717) is 17.0 Å². The third-order valence-electron chi connectivity index (χ3n) is 4.95. The van der Waals surface area contributed by atoms with E-state index in [9.17, 15) is 9.59 Å². The Morgan fingerprint density at radius 2 is 1.82 bits per heavy atom. The van der Waals surface area contributed by atoms with Crippen LogP contribution in [0, 0.1) is 5.92 Å². The van der Waals surface area contributed by atoms with Crippen LogP contribution in [-0.2, 0) is 9.53 Å². The fraction of sp³-hybridized carbons (Fsp3) is 0.200. The van der Waals surface area contributed by atoms with Gasteiger partial charge in [-0.25, -0.2) is 10.3 Å². The van der Waals surface area contributed by atoms with E-state index in [1.807, 2.05) is 36.4 Å². The Hall–Kier alpha value is -3.88. The fourth-order valence-electron chi connectivity index (χ4n) is 3.39. The summed E-state index contributed by atoms with van der Waals surface area (Å²) in [4.78, 5) is 24.3. The topological polar surface area (TPSA) is 117 Å². The lowest BCUT2D eigenvalue weighted by atomic mass is 9.96. The maximum atomic E-state index is 12.9. The zero-order valence-corrected chi connectivity index (χ0v) is 18.1. The van der Waals surface area contributed by atoms with E-state index in [-0.39, 0.29) is 13.2 Å². The van der Waals surface area contributed by atoms with Crippen LogP contribution in [0.2, 0.25) is 0 Å². The van der Waals surface area contributed by atoms with Gasteiger partial charge in [-0.05, 0) is 29.1 Å². The summed E-state index contributed by atoms with van der Waals surface area (Å²) in [5, 5.41) is 22.4. The maximum Gasteiger partial charge on any atom is 0.412 e. The third-order valence-corrected chi connectivity index (χ3v) is 4.95. The second-order valence-corrected chi connectivity index (χ2v) is 7.32. The van der Waals surface area contributed by atoms with Crippen molar-refractivity contribution in [2.45, 2.75) is 13.0 Å². The molecular formula is C25H26N2O6. The molecule has 2 amide bonds. The minimum absolute atomic E-state index is 0.128. The Morgan fingerprint density at radius 1 is 1.06 bits per heavy atom. The molecule has 0 heterocycles. The molecule has 2 atom stereocenters. The van der Waals surface area contributed by atoms with Crippen molar-refractivity contribution in [1.82, 2.24) is 5.48 Å². The summed E-state index contributed by atoms with van der Waals surface area (Å²) in [5.74, 6) is -0.608. The van der Waals surface area contributed by atoms with E-state index in [2.05, 4.69) is 5.32 Å². The van der Waals surface area contributed by atoms with Crippen molar-refractivity contribution in [2.24, 2.45) is 5.92 Å². The van der Waals surface area contributed by atoms with Gasteiger partial charge in [-0.1, -0.05) is 61.5 Å². The molecule has 0 aliphatic carbocycles. The van der Waals surface area contributed by atoms with Crippen molar-refractivity contribution < 1.29 is 29.4 Å². The SMILES string of the molecule is C[C@@H](/C=C/C(=O)NO)[C@@H](OC(=O)Nc1cccc2ccccc12)c1cccc(OCCO)c1. The van der Waals surface area contributed by atoms with E-state index in [1.54, 1.807) is 37.3 Å². The quantitative estimate of drug-likeness (QED) is 0.221. The van der Waals surface area contributed by atoms with Crippen LogP contribution in [-0.4, -0.2) is 35.5 Å². The van der Waals surface area contributed by atoms with Crippen LogP contribution in [0.5, 0.6) is 5.75 Å². The summed E-state index contributed by atoms with van der Waals surface area (Å²) in [6.07, 6.45) is 1.27. The number of ether oxygens (including phenoxy) is 2. The number of carbonyl (C=O) groups is 2. The lowest BCUT2D eigenvalue weighted by molar-refractivity contribution is -0.124. The molecule has 0 aliphatic rings. The predicted molar refractivity (Wildman–Crippen MR) is 124 cm³/mol. The van der Waals surface area contributed by atoms with Crippen LogP contribution in [0.4, 0.5) is 10.5 Å². The Labute approximate surface area is 191 Å². The van der Waals surface area contributed by atoms with E-state index in [0.717, 1.165) is 16.8 Å². The molecule has 0 aromatic heterocycles. The number of benzene rings is 3. The largest absolute Gasteiger partial charge is 0.491 e. The highest BCUT2D eigenvalue weighted by atomic mass is 16.6. The number of fused-ring (bicyclic) bond motifs is 1. The van der Waals surface area contributed by atoms with Gasteiger partial charge in [0.2, 0.25) is 0 Å². The molecule has 0 radical (unpaired) electrons. The molecule has 8 heteroatoms. The Morgan fingerprint density at radius 3 is 2.61 bits per heavy atom. The number of carbonyl (C=O) groups excluding carboxylic acids is 2. The summed E-state index contributed by atoms with van der Waals surface area (Å²) in [6, 6.07) is 20.2. The number of aliphatic hydroxyl groups excluding tert-OH is 1.